The molecule has 1 aromatic rings. The predicted molar refractivity (Wildman–Crippen MR) is 113 cm³/mol. The molecule has 1 aliphatic rings. The molecule has 0 amide bonds. The lowest BCUT2D eigenvalue weighted by molar-refractivity contribution is -0.137. The number of unbranched alkanes of at least 4 members (excludes halogenated alkanes) is 2. The fourth-order valence-corrected chi connectivity index (χ4v) is 4.09. The van der Waals surface area contributed by atoms with Gasteiger partial charge >= 0.3 is 5.97 Å². The van der Waals surface area contributed by atoms with E-state index in [1.165, 1.54) is 5.56 Å². The smallest absolute Gasteiger partial charge is 0.303 e. The molecule has 0 saturated heterocycles. The summed E-state index contributed by atoms with van der Waals surface area (Å²) in [6.45, 7) is 0. The summed E-state index contributed by atoms with van der Waals surface area (Å²) in [5, 5.41) is 29.6. The number of hydrogen-bond donors (Lipinski definition) is 3. The first-order chi connectivity index (χ1) is 14.0. The highest BCUT2D eigenvalue weighted by molar-refractivity contribution is 5.66. The van der Waals surface area contributed by atoms with Crippen molar-refractivity contribution in [3.8, 4) is 0 Å². The molecule has 1 aromatic carbocycles. The molecule has 0 aromatic heterocycles. The number of hydrogen-bond acceptors (Lipinski definition) is 4. The van der Waals surface area contributed by atoms with Crippen molar-refractivity contribution in [2.24, 2.45) is 11.8 Å². The maximum Gasteiger partial charge on any atom is 0.303 e. The van der Waals surface area contributed by atoms with Gasteiger partial charge in [0.15, 0.2) is 0 Å². The van der Waals surface area contributed by atoms with Crippen LogP contribution in [-0.2, 0) is 16.0 Å². The van der Waals surface area contributed by atoms with Crippen LogP contribution in [0.25, 0.3) is 0 Å². The summed E-state index contributed by atoms with van der Waals surface area (Å²) in [5.41, 5.74) is 1.31. The largest absolute Gasteiger partial charge is 0.501 e. The lowest BCUT2D eigenvalue weighted by Crippen LogP contribution is -2.24. The zero-order valence-corrected chi connectivity index (χ0v) is 17.2. The Morgan fingerprint density at radius 3 is 2.55 bits per heavy atom. The van der Waals surface area contributed by atoms with E-state index in [0.717, 1.165) is 25.0 Å². The molecular formula is C24H34O5. The lowest BCUT2D eigenvalue weighted by Gasteiger charge is -2.24. The monoisotopic (exact) mass is 402 g/mol. The van der Waals surface area contributed by atoms with E-state index in [1.54, 1.807) is 7.11 Å². The molecule has 2 rings (SSSR count). The number of benzene rings is 1. The zero-order chi connectivity index (χ0) is 21.1. The molecule has 5 heteroatoms. The van der Waals surface area contributed by atoms with Crippen molar-refractivity contribution in [2.45, 2.75) is 63.6 Å². The standard InChI is InChI=1S/C24H34O5/c1-29-22(15-10-9-13-18-11-5-4-6-12-18)24-19(20(25)17-21(24)26)14-7-2-3-8-16-23(27)28/h2,4-7,11-12,15,19-21,24-26H,3,8-10,13-14,16-17H2,1H3,(H,27,28)/t19?,20-,21+,24+/m1/s1. The third kappa shape index (κ3) is 7.67. The second-order valence-electron chi connectivity index (χ2n) is 7.74. The van der Waals surface area contributed by atoms with Crippen molar-refractivity contribution >= 4 is 5.97 Å². The minimum absolute atomic E-state index is 0.0963. The summed E-state index contributed by atoms with van der Waals surface area (Å²) in [4.78, 5) is 10.6. The summed E-state index contributed by atoms with van der Waals surface area (Å²) in [5.74, 6) is -0.335. The Bertz CT molecular complexity index is 667. The van der Waals surface area contributed by atoms with E-state index >= 15 is 0 Å². The Kier molecular flexibility index (Phi) is 9.95. The lowest BCUT2D eigenvalue weighted by atomic mass is 9.88. The molecule has 1 unspecified atom stereocenters. The van der Waals surface area contributed by atoms with Crippen molar-refractivity contribution < 1.29 is 24.9 Å². The molecule has 1 saturated carbocycles. The molecule has 0 heterocycles. The van der Waals surface area contributed by atoms with E-state index in [1.807, 2.05) is 30.4 Å². The molecule has 29 heavy (non-hydrogen) atoms. The van der Waals surface area contributed by atoms with Crippen LogP contribution >= 0.6 is 0 Å². The molecule has 0 radical (unpaired) electrons. The van der Waals surface area contributed by atoms with E-state index < -0.39 is 18.2 Å². The number of carboxylic acid groups (broad SMARTS) is 1. The van der Waals surface area contributed by atoms with Crippen LogP contribution in [0.1, 0.15) is 50.5 Å². The van der Waals surface area contributed by atoms with Crippen LogP contribution in [0.3, 0.4) is 0 Å². The highest BCUT2D eigenvalue weighted by Crippen LogP contribution is 2.40. The molecule has 1 aliphatic carbocycles. The van der Waals surface area contributed by atoms with Gasteiger partial charge in [0, 0.05) is 24.7 Å². The van der Waals surface area contributed by atoms with Crippen molar-refractivity contribution in [3.63, 3.8) is 0 Å². The highest BCUT2D eigenvalue weighted by Gasteiger charge is 2.43. The highest BCUT2D eigenvalue weighted by atomic mass is 16.5. The first-order valence-electron chi connectivity index (χ1n) is 10.5. The summed E-state index contributed by atoms with van der Waals surface area (Å²) in [7, 11) is 1.62. The van der Waals surface area contributed by atoms with Gasteiger partial charge in [0.2, 0.25) is 0 Å². The van der Waals surface area contributed by atoms with Crippen LogP contribution < -0.4 is 0 Å². The third-order valence-electron chi connectivity index (χ3n) is 5.61. The van der Waals surface area contributed by atoms with Crippen LogP contribution in [0.2, 0.25) is 0 Å². The normalized spacial score (nSPS) is 24.9. The quantitative estimate of drug-likeness (QED) is 0.278. The predicted octanol–water partition coefficient (Wildman–Crippen LogP) is 4.10. The van der Waals surface area contributed by atoms with Crippen molar-refractivity contribution in [1.29, 1.82) is 0 Å². The number of aryl methyl sites for hydroxylation is 1. The van der Waals surface area contributed by atoms with Gasteiger partial charge in [-0.1, -0.05) is 42.5 Å². The molecule has 3 N–H and O–H groups in total. The van der Waals surface area contributed by atoms with Crippen LogP contribution in [0.15, 0.2) is 54.3 Å². The number of aliphatic hydroxyl groups is 2. The third-order valence-corrected chi connectivity index (χ3v) is 5.61. The maximum atomic E-state index is 10.6. The number of methoxy groups -OCH3 is 1. The minimum atomic E-state index is -0.782. The second-order valence-corrected chi connectivity index (χ2v) is 7.74. The van der Waals surface area contributed by atoms with Gasteiger partial charge in [0.25, 0.3) is 0 Å². The number of carbonyl (C=O) groups is 1. The SMILES string of the molecule is COC(=CCCCc1ccccc1)[C@H]1C(CC=CCCCC(=O)O)[C@H](O)C[C@@H]1O. The van der Waals surface area contributed by atoms with Crippen LogP contribution in [-0.4, -0.2) is 40.6 Å². The number of allylic oxidation sites excluding steroid dienone is 3. The molecule has 0 spiro atoms. The van der Waals surface area contributed by atoms with Crippen LogP contribution in [0.4, 0.5) is 0 Å². The topological polar surface area (TPSA) is 87.0 Å². The summed E-state index contributed by atoms with van der Waals surface area (Å²) < 4.78 is 5.61. The molecule has 160 valence electrons. The zero-order valence-electron chi connectivity index (χ0n) is 17.2. The molecule has 0 bridgehead atoms. The number of aliphatic carboxylic acids is 1. The first kappa shape index (κ1) is 23.2. The number of ether oxygens (including phenoxy) is 1. The van der Waals surface area contributed by atoms with E-state index in [-0.39, 0.29) is 18.3 Å². The Hall–Kier alpha value is -2.11. The summed E-state index contributed by atoms with van der Waals surface area (Å²) in [6, 6.07) is 10.3. The van der Waals surface area contributed by atoms with Gasteiger partial charge in [0.1, 0.15) is 0 Å². The van der Waals surface area contributed by atoms with Gasteiger partial charge in [-0.05, 0) is 50.2 Å². The van der Waals surface area contributed by atoms with Gasteiger partial charge in [-0.2, -0.15) is 0 Å². The summed E-state index contributed by atoms with van der Waals surface area (Å²) >= 11 is 0. The Balaban J connectivity index is 1.89. The molecule has 0 aliphatic heterocycles. The fourth-order valence-electron chi connectivity index (χ4n) is 4.09. The molecule has 5 nitrogen and oxygen atoms in total. The number of rotatable bonds is 12. The van der Waals surface area contributed by atoms with Crippen molar-refractivity contribution in [2.75, 3.05) is 7.11 Å². The Labute approximate surface area is 173 Å². The van der Waals surface area contributed by atoms with Gasteiger partial charge in [-0.3, -0.25) is 4.79 Å². The Morgan fingerprint density at radius 1 is 1.10 bits per heavy atom. The van der Waals surface area contributed by atoms with Crippen molar-refractivity contribution in [1.82, 2.24) is 0 Å². The van der Waals surface area contributed by atoms with E-state index in [2.05, 4.69) is 18.2 Å². The number of aliphatic hydroxyl groups excluding tert-OH is 2. The van der Waals surface area contributed by atoms with Gasteiger partial charge in [0.05, 0.1) is 25.1 Å². The number of carboxylic acids is 1. The second kappa shape index (κ2) is 12.5. The Morgan fingerprint density at radius 2 is 1.86 bits per heavy atom. The van der Waals surface area contributed by atoms with Crippen molar-refractivity contribution in [3.05, 3.63) is 59.9 Å². The summed E-state index contributed by atoms with van der Waals surface area (Å²) in [6.07, 6.45) is 10.1. The van der Waals surface area contributed by atoms with E-state index in [9.17, 15) is 15.0 Å². The minimum Gasteiger partial charge on any atom is -0.501 e. The van der Waals surface area contributed by atoms with E-state index in [4.69, 9.17) is 9.84 Å². The van der Waals surface area contributed by atoms with Gasteiger partial charge in [-0.15, -0.1) is 0 Å². The van der Waals surface area contributed by atoms with Gasteiger partial charge < -0.3 is 20.1 Å². The average Bonchev–Trinajstić information content (AvgIpc) is 2.98. The molecule has 1 fully saturated rings. The van der Waals surface area contributed by atoms with E-state index in [0.29, 0.717) is 25.7 Å². The molecular weight excluding hydrogens is 368 g/mol. The van der Waals surface area contributed by atoms with Crippen LogP contribution in [0.5, 0.6) is 0 Å². The van der Waals surface area contributed by atoms with Gasteiger partial charge in [-0.25, -0.2) is 0 Å². The van der Waals surface area contributed by atoms with Crippen LogP contribution in [0, 0.1) is 11.8 Å². The first-order valence-corrected chi connectivity index (χ1v) is 10.5. The molecule has 4 atom stereocenters. The average molecular weight is 403 g/mol. The maximum absolute atomic E-state index is 10.6. The fraction of sp³-hybridized carbons (Fsp3) is 0.542.